The average Bonchev–Trinajstić information content (AvgIpc) is 3.48. The summed E-state index contributed by atoms with van der Waals surface area (Å²) in [5, 5.41) is 11.6. The molecule has 1 saturated carbocycles. The third-order valence-electron chi connectivity index (χ3n) is 5.80. The third-order valence-corrected chi connectivity index (χ3v) is 5.80. The molecule has 2 aliphatic rings. The van der Waals surface area contributed by atoms with Gasteiger partial charge in [0.05, 0.1) is 17.7 Å². The van der Waals surface area contributed by atoms with Crippen LogP contribution in [0.25, 0.3) is 5.57 Å². The summed E-state index contributed by atoms with van der Waals surface area (Å²) in [6.45, 7) is -0.522. The summed E-state index contributed by atoms with van der Waals surface area (Å²) in [6.07, 6.45) is -8.64. The smallest absolute Gasteiger partial charge is 0.336 e. The zero-order valence-electron chi connectivity index (χ0n) is 17.5. The van der Waals surface area contributed by atoms with Crippen molar-refractivity contribution in [1.29, 1.82) is 5.26 Å². The van der Waals surface area contributed by atoms with Gasteiger partial charge in [0.15, 0.2) is 0 Å². The largest absolute Gasteiger partial charge is 0.392 e. The van der Waals surface area contributed by atoms with Gasteiger partial charge in [-0.2, -0.15) is 31.6 Å². The van der Waals surface area contributed by atoms with Crippen LogP contribution in [0.1, 0.15) is 56.5 Å². The Morgan fingerprint density at radius 2 is 1.97 bits per heavy atom. The predicted molar refractivity (Wildman–Crippen MR) is 105 cm³/mol. The first-order valence-electron chi connectivity index (χ1n) is 10.5. The number of amides is 1. The highest BCUT2D eigenvalue weighted by Gasteiger charge is 2.44. The molecule has 1 aromatic heterocycles. The van der Waals surface area contributed by atoms with Crippen molar-refractivity contribution < 1.29 is 31.1 Å². The molecule has 0 spiro atoms. The minimum Gasteiger partial charge on any atom is -0.336 e. The maximum atomic E-state index is 12.9. The van der Waals surface area contributed by atoms with E-state index >= 15 is 0 Å². The number of halogens is 6. The highest BCUT2D eigenvalue weighted by molar-refractivity contribution is 5.78. The Morgan fingerprint density at radius 3 is 2.48 bits per heavy atom. The quantitative estimate of drug-likeness (QED) is 0.602. The number of hydrogen-bond acceptors (Lipinski definition) is 4. The standard InChI is InChI=1S/C21H22F6N4O2/c22-20(23,24)7-1-2-16-29-15(13-3-5-14(6-4-13)21(25,26)27)10-18(33)31(16)11-17(32)30-19(12-28)8-9-19/h3,10,14H,1-2,4-9,11H2,(H,30,32). The average molecular weight is 476 g/mol. The molecular formula is C21H22F6N4O2. The zero-order valence-corrected chi connectivity index (χ0v) is 17.5. The number of carbonyl (C=O) groups excluding carboxylic acids is 1. The van der Waals surface area contributed by atoms with Crippen molar-refractivity contribution >= 4 is 11.5 Å². The fourth-order valence-corrected chi connectivity index (χ4v) is 3.73. The fraction of sp³-hybridized carbons (Fsp3) is 0.619. The number of alkyl halides is 6. The van der Waals surface area contributed by atoms with Crippen LogP contribution in [0.5, 0.6) is 0 Å². The molecule has 6 nitrogen and oxygen atoms in total. The van der Waals surface area contributed by atoms with Crippen molar-refractivity contribution in [2.45, 2.75) is 75.8 Å². The summed E-state index contributed by atoms with van der Waals surface area (Å²) in [5.41, 5.74) is -1.15. The van der Waals surface area contributed by atoms with E-state index in [4.69, 9.17) is 5.26 Å². The van der Waals surface area contributed by atoms with Crippen molar-refractivity contribution in [2.24, 2.45) is 5.92 Å². The van der Waals surface area contributed by atoms with E-state index in [1.165, 1.54) is 6.08 Å². The molecule has 1 unspecified atom stereocenters. The van der Waals surface area contributed by atoms with Crippen LogP contribution in [0.3, 0.4) is 0 Å². The van der Waals surface area contributed by atoms with Gasteiger partial charge in [-0.3, -0.25) is 14.2 Å². The highest BCUT2D eigenvalue weighted by atomic mass is 19.4. The molecule has 0 saturated heterocycles. The summed E-state index contributed by atoms with van der Waals surface area (Å²) >= 11 is 0. The Balaban J connectivity index is 1.84. The summed E-state index contributed by atoms with van der Waals surface area (Å²) in [5.74, 6) is -2.20. The van der Waals surface area contributed by atoms with Gasteiger partial charge >= 0.3 is 12.4 Å². The fourth-order valence-electron chi connectivity index (χ4n) is 3.73. The number of nitrogens with one attached hydrogen (secondary N) is 1. The van der Waals surface area contributed by atoms with Crippen LogP contribution >= 0.6 is 0 Å². The molecule has 0 aliphatic heterocycles. The maximum Gasteiger partial charge on any atom is 0.392 e. The molecule has 1 N–H and O–H groups in total. The molecule has 0 radical (unpaired) electrons. The molecule has 2 aliphatic carbocycles. The van der Waals surface area contributed by atoms with E-state index in [1.54, 1.807) is 0 Å². The van der Waals surface area contributed by atoms with Crippen molar-refractivity contribution in [3.05, 3.63) is 34.0 Å². The number of allylic oxidation sites excluding steroid dienone is 2. The second-order valence-corrected chi connectivity index (χ2v) is 8.44. The van der Waals surface area contributed by atoms with E-state index in [2.05, 4.69) is 10.3 Å². The molecule has 0 aromatic carbocycles. The Hall–Kier alpha value is -2.84. The molecule has 1 heterocycles. The summed E-state index contributed by atoms with van der Waals surface area (Å²) in [4.78, 5) is 29.3. The molecule has 1 atom stereocenters. The van der Waals surface area contributed by atoms with E-state index < -0.39 is 48.2 Å². The predicted octanol–water partition coefficient (Wildman–Crippen LogP) is 4.05. The molecule has 0 bridgehead atoms. The lowest BCUT2D eigenvalue weighted by Crippen LogP contribution is -2.40. The minimum absolute atomic E-state index is 0.0216. The summed E-state index contributed by atoms with van der Waals surface area (Å²) < 4.78 is 77.5. The van der Waals surface area contributed by atoms with Crippen LogP contribution < -0.4 is 10.9 Å². The van der Waals surface area contributed by atoms with Crippen LogP contribution in [0.2, 0.25) is 0 Å². The number of nitriles is 1. The Labute approximate surface area is 185 Å². The number of rotatable bonds is 7. The topological polar surface area (TPSA) is 87.8 Å². The van der Waals surface area contributed by atoms with Crippen LogP contribution in [0.4, 0.5) is 26.3 Å². The van der Waals surface area contributed by atoms with Gasteiger partial charge in [-0.25, -0.2) is 4.98 Å². The van der Waals surface area contributed by atoms with Gasteiger partial charge in [0.2, 0.25) is 5.91 Å². The maximum absolute atomic E-state index is 12.9. The third kappa shape index (κ3) is 6.58. The second-order valence-electron chi connectivity index (χ2n) is 8.44. The molecule has 33 heavy (non-hydrogen) atoms. The van der Waals surface area contributed by atoms with E-state index in [0.717, 1.165) is 10.6 Å². The summed E-state index contributed by atoms with van der Waals surface area (Å²) in [7, 11) is 0. The first-order valence-corrected chi connectivity index (χ1v) is 10.5. The van der Waals surface area contributed by atoms with Gasteiger partial charge in [-0.1, -0.05) is 6.08 Å². The van der Waals surface area contributed by atoms with Crippen molar-refractivity contribution in [3.63, 3.8) is 0 Å². The van der Waals surface area contributed by atoms with Crippen LogP contribution in [-0.4, -0.2) is 33.3 Å². The van der Waals surface area contributed by atoms with Crippen molar-refractivity contribution in [3.8, 4) is 6.07 Å². The van der Waals surface area contributed by atoms with E-state index in [1.807, 2.05) is 6.07 Å². The first kappa shape index (κ1) is 24.8. The van der Waals surface area contributed by atoms with Crippen LogP contribution in [0, 0.1) is 17.2 Å². The number of nitrogens with zero attached hydrogens (tertiary/aromatic N) is 3. The van der Waals surface area contributed by atoms with Gasteiger partial charge in [0.25, 0.3) is 5.56 Å². The van der Waals surface area contributed by atoms with Crippen molar-refractivity contribution in [1.82, 2.24) is 14.9 Å². The minimum atomic E-state index is -4.41. The molecule has 3 rings (SSSR count). The monoisotopic (exact) mass is 476 g/mol. The molecule has 1 amide bonds. The number of aromatic nitrogens is 2. The van der Waals surface area contributed by atoms with E-state index in [-0.39, 0.29) is 43.6 Å². The molecule has 1 fully saturated rings. The number of carbonyl (C=O) groups is 1. The number of aryl methyl sites for hydroxylation is 1. The lowest BCUT2D eigenvalue weighted by atomic mass is 9.88. The Morgan fingerprint density at radius 1 is 1.27 bits per heavy atom. The zero-order chi connectivity index (χ0) is 24.4. The lowest BCUT2D eigenvalue weighted by molar-refractivity contribution is -0.175. The highest BCUT2D eigenvalue weighted by Crippen LogP contribution is 2.39. The Kier molecular flexibility index (Phi) is 6.91. The molecule has 1 aromatic rings. The number of hydrogen-bond donors (Lipinski definition) is 1. The van der Waals surface area contributed by atoms with Gasteiger partial charge in [-0.05, 0) is 44.1 Å². The van der Waals surface area contributed by atoms with Crippen LogP contribution in [-0.2, 0) is 17.8 Å². The lowest BCUT2D eigenvalue weighted by Gasteiger charge is -2.24. The molecule has 12 heteroatoms. The molecule has 180 valence electrons. The van der Waals surface area contributed by atoms with Gasteiger partial charge in [0.1, 0.15) is 17.9 Å². The van der Waals surface area contributed by atoms with Crippen LogP contribution in [0.15, 0.2) is 16.9 Å². The van der Waals surface area contributed by atoms with Gasteiger partial charge < -0.3 is 5.32 Å². The summed E-state index contributed by atoms with van der Waals surface area (Å²) in [6, 6.07) is 3.05. The van der Waals surface area contributed by atoms with Gasteiger partial charge in [0, 0.05) is 18.9 Å². The Bertz CT molecular complexity index is 1030. The second kappa shape index (κ2) is 9.19. The molecular weight excluding hydrogens is 454 g/mol. The van der Waals surface area contributed by atoms with Crippen molar-refractivity contribution in [2.75, 3.05) is 0 Å². The van der Waals surface area contributed by atoms with E-state index in [9.17, 15) is 35.9 Å². The normalized spacial score (nSPS) is 20.0. The van der Waals surface area contributed by atoms with Gasteiger partial charge in [-0.15, -0.1) is 0 Å². The SMILES string of the molecule is N#CC1(NC(=O)Cn2c(CCCC(F)(F)F)nc(C3=CCC(C(F)(F)F)CC3)cc2=O)CC1. The first-order chi connectivity index (χ1) is 15.3. The van der Waals surface area contributed by atoms with E-state index in [0.29, 0.717) is 18.4 Å².